The van der Waals surface area contributed by atoms with Crippen molar-refractivity contribution in [3.05, 3.63) is 94.2 Å². The van der Waals surface area contributed by atoms with Crippen LogP contribution in [0.1, 0.15) is 17.5 Å². The van der Waals surface area contributed by atoms with Gasteiger partial charge in [0.15, 0.2) is 0 Å². The Morgan fingerprint density at radius 1 is 0.821 bits per heavy atom. The molecule has 3 aromatic rings. The first-order valence-corrected chi connectivity index (χ1v) is 11.7. The summed E-state index contributed by atoms with van der Waals surface area (Å²) in [5.74, 6) is 1.04. The molecule has 0 saturated heterocycles. The molecule has 0 radical (unpaired) electrons. The number of benzene rings is 3. The normalized spacial score (nSPS) is 12.5. The summed E-state index contributed by atoms with van der Waals surface area (Å²) in [6.45, 7) is 0.735. The van der Waals surface area contributed by atoms with Crippen LogP contribution in [0.3, 0.4) is 0 Å². The van der Waals surface area contributed by atoms with Crippen molar-refractivity contribution >= 4 is 46.2 Å². The summed E-state index contributed by atoms with van der Waals surface area (Å²) in [5, 5.41) is 0. The van der Waals surface area contributed by atoms with Crippen molar-refractivity contribution in [1.82, 2.24) is 0 Å². The molecule has 4 rings (SSSR count). The van der Waals surface area contributed by atoms with Crippen LogP contribution in [0.4, 0.5) is 17.1 Å². The quantitative estimate of drug-likeness (QED) is 0.365. The SMILES string of the molecule is CSC(SCCCN)=C1c2ccccc2N(c2ccccc2)c2ccccc21. The summed E-state index contributed by atoms with van der Waals surface area (Å²) >= 11 is 3.76. The number of anilines is 3. The van der Waals surface area contributed by atoms with Gasteiger partial charge in [0.1, 0.15) is 0 Å². The fourth-order valence-electron chi connectivity index (χ4n) is 3.59. The number of nitrogens with two attached hydrogens (primary N) is 1. The largest absolute Gasteiger partial charge is 0.330 e. The van der Waals surface area contributed by atoms with E-state index in [0.717, 1.165) is 18.7 Å². The van der Waals surface area contributed by atoms with Crippen molar-refractivity contribution in [3.8, 4) is 0 Å². The molecule has 2 N–H and O–H groups in total. The number of hydrogen-bond donors (Lipinski definition) is 1. The number of thioether (sulfide) groups is 2. The van der Waals surface area contributed by atoms with Gasteiger partial charge < -0.3 is 10.6 Å². The van der Waals surface area contributed by atoms with Gasteiger partial charge in [-0.05, 0) is 49.2 Å². The summed E-state index contributed by atoms with van der Waals surface area (Å²) in [7, 11) is 0. The Bertz CT molecular complexity index is 933. The third-order valence-corrected chi connectivity index (χ3v) is 7.20. The molecule has 0 bridgehead atoms. The molecule has 0 spiro atoms. The molecule has 2 nitrogen and oxygen atoms in total. The van der Waals surface area contributed by atoms with Crippen LogP contribution in [0, 0.1) is 0 Å². The van der Waals surface area contributed by atoms with Crippen LogP contribution in [0.2, 0.25) is 0 Å². The maximum absolute atomic E-state index is 5.73. The lowest BCUT2D eigenvalue weighted by Gasteiger charge is -2.35. The van der Waals surface area contributed by atoms with Gasteiger partial charge in [-0.15, -0.1) is 23.5 Å². The molecule has 142 valence electrons. The predicted octanol–water partition coefficient (Wildman–Crippen LogP) is 6.63. The number of para-hydroxylation sites is 3. The monoisotopic (exact) mass is 404 g/mol. The van der Waals surface area contributed by atoms with Gasteiger partial charge in [0, 0.05) is 26.6 Å². The van der Waals surface area contributed by atoms with Crippen LogP contribution in [-0.2, 0) is 0 Å². The minimum absolute atomic E-state index is 0.735. The van der Waals surface area contributed by atoms with Crippen molar-refractivity contribution in [2.24, 2.45) is 5.73 Å². The van der Waals surface area contributed by atoms with E-state index >= 15 is 0 Å². The Hall–Kier alpha value is -2.14. The summed E-state index contributed by atoms with van der Waals surface area (Å²) in [4.78, 5) is 2.37. The Labute approximate surface area is 175 Å². The molecular formula is C24H24N2S2. The summed E-state index contributed by atoms with van der Waals surface area (Å²) in [6.07, 6.45) is 3.20. The fraction of sp³-hybridized carbons (Fsp3) is 0.167. The van der Waals surface area contributed by atoms with Crippen molar-refractivity contribution in [3.63, 3.8) is 0 Å². The number of rotatable bonds is 6. The first-order valence-electron chi connectivity index (χ1n) is 9.50. The second kappa shape index (κ2) is 8.91. The number of nitrogens with zero attached hydrogens (tertiary/aromatic N) is 1. The molecule has 1 aliphatic rings. The fourth-order valence-corrected chi connectivity index (χ4v) is 5.60. The third-order valence-electron chi connectivity index (χ3n) is 4.81. The standard InChI is InChI=1S/C24H24N2S2/c1-27-24(28-17-9-16-25)23-19-12-5-7-14-21(19)26(18-10-3-2-4-11-18)22-15-8-6-13-20(22)23/h2-8,10-15H,9,16-17,25H2,1H3. The molecule has 0 aliphatic carbocycles. The van der Waals surface area contributed by atoms with Gasteiger partial charge in [-0.3, -0.25) is 0 Å². The van der Waals surface area contributed by atoms with Gasteiger partial charge in [-0.25, -0.2) is 0 Å². The highest BCUT2D eigenvalue weighted by Crippen LogP contribution is 2.52. The van der Waals surface area contributed by atoms with Gasteiger partial charge in [-0.2, -0.15) is 0 Å². The topological polar surface area (TPSA) is 29.3 Å². The Balaban J connectivity index is 1.94. The highest BCUT2D eigenvalue weighted by Gasteiger charge is 2.28. The molecule has 4 heteroatoms. The van der Waals surface area contributed by atoms with E-state index in [9.17, 15) is 0 Å². The first kappa shape index (κ1) is 19.2. The lowest BCUT2D eigenvalue weighted by Crippen LogP contribution is -2.18. The zero-order valence-electron chi connectivity index (χ0n) is 16.0. The Kier molecular flexibility index (Phi) is 6.10. The van der Waals surface area contributed by atoms with Gasteiger partial charge in [0.25, 0.3) is 0 Å². The zero-order valence-corrected chi connectivity index (χ0v) is 17.6. The summed E-state index contributed by atoms with van der Waals surface area (Å²) < 4.78 is 1.36. The van der Waals surface area contributed by atoms with Gasteiger partial charge in [-0.1, -0.05) is 54.6 Å². The molecule has 0 amide bonds. The van der Waals surface area contributed by atoms with Crippen molar-refractivity contribution in [2.45, 2.75) is 6.42 Å². The van der Waals surface area contributed by atoms with Crippen molar-refractivity contribution in [2.75, 3.05) is 23.5 Å². The van der Waals surface area contributed by atoms with Crippen LogP contribution in [0.5, 0.6) is 0 Å². The highest BCUT2D eigenvalue weighted by molar-refractivity contribution is 8.22. The second-order valence-electron chi connectivity index (χ2n) is 6.56. The van der Waals surface area contributed by atoms with E-state index in [-0.39, 0.29) is 0 Å². The predicted molar refractivity (Wildman–Crippen MR) is 127 cm³/mol. The summed E-state index contributed by atoms with van der Waals surface area (Å²) in [6, 6.07) is 28.1. The molecule has 0 unspecified atom stereocenters. The molecule has 0 saturated carbocycles. The number of hydrogen-bond acceptors (Lipinski definition) is 4. The highest BCUT2D eigenvalue weighted by atomic mass is 32.2. The van der Waals surface area contributed by atoms with E-state index in [2.05, 4.69) is 90.0 Å². The maximum Gasteiger partial charge on any atom is 0.0541 e. The van der Waals surface area contributed by atoms with E-state index < -0.39 is 0 Å². The molecule has 1 aliphatic heterocycles. The van der Waals surface area contributed by atoms with Crippen LogP contribution >= 0.6 is 23.5 Å². The average molecular weight is 405 g/mol. The smallest absolute Gasteiger partial charge is 0.0541 e. The molecule has 1 heterocycles. The second-order valence-corrected chi connectivity index (χ2v) is 8.74. The van der Waals surface area contributed by atoms with Crippen LogP contribution in [0.15, 0.2) is 83.1 Å². The Morgan fingerprint density at radius 2 is 1.39 bits per heavy atom. The van der Waals surface area contributed by atoms with Crippen molar-refractivity contribution < 1.29 is 0 Å². The Morgan fingerprint density at radius 3 is 1.96 bits per heavy atom. The number of fused-ring (bicyclic) bond motifs is 2. The van der Waals surface area contributed by atoms with E-state index in [0.29, 0.717) is 0 Å². The lowest BCUT2D eigenvalue weighted by molar-refractivity contribution is 0.945. The lowest BCUT2D eigenvalue weighted by atomic mass is 9.91. The van der Waals surface area contributed by atoms with E-state index in [4.69, 9.17) is 5.73 Å². The molecule has 0 atom stereocenters. The van der Waals surface area contributed by atoms with Gasteiger partial charge in [0.2, 0.25) is 0 Å². The average Bonchev–Trinajstić information content (AvgIpc) is 2.76. The van der Waals surface area contributed by atoms with Gasteiger partial charge in [0.05, 0.1) is 11.4 Å². The van der Waals surface area contributed by atoms with E-state index in [1.165, 1.54) is 38.0 Å². The van der Waals surface area contributed by atoms with Crippen molar-refractivity contribution in [1.29, 1.82) is 0 Å². The minimum atomic E-state index is 0.735. The van der Waals surface area contributed by atoms with Crippen LogP contribution < -0.4 is 10.6 Å². The minimum Gasteiger partial charge on any atom is -0.330 e. The van der Waals surface area contributed by atoms with E-state index in [1.54, 1.807) is 0 Å². The van der Waals surface area contributed by atoms with E-state index in [1.807, 2.05) is 23.5 Å². The zero-order chi connectivity index (χ0) is 19.3. The molecule has 0 aromatic heterocycles. The summed E-state index contributed by atoms with van der Waals surface area (Å²) in [5.41, 5.74) is 13.3. The maximum atomic E-state index is 5.73. The van der Waals surface area contributed by atoms with Crippen LogP contribution in [0.25, 0.3) is 5.57 Å². The van der Waals surface area contributed by atoms with Gasteiger partial charge >= 0.3 is 0 Å². The molecular weight excluding hydrogens is 380 g/mol. The first-order chi connectivity index (χ1) is 13.8. The molecule has 3 aromatic carbocycles. The third kappa shape index (κ3) is 3.60. The van der Waals surface area contributed by atoms with Crippen LogP contribution in [-0.4, -0.2) is 18.6 Å². The molecule has 0 fully saturated rings. The molecule has 28 heavy (non-hydrogen) atoms.